The van der Waals surface area contributed by atoms with E-state index in [1.54, 1.807) is 40.1 Å². The zero-order valence-corrected chi connectivity index (χ0v) is 12.1. The molecule has 0 N–H and O–H groups in total. The summed E-state index contributed by atoms with van der Waals surface area (Å²) in [6.07, 6.45) is 3.11. The normalized spacial score (nSPS) is 14.8. The fourth-order valence-electron chi connectivity index (χ4n) is 1.20. The number of nitrogens with zero attached hydrogens (tertiary/aromatic N) is 2. The fourth-order valence-corrected chi connectivity index (χ4v) is 2.87. The second-order valence-electron chi connectivity index (χ2n) is 4.56. The first-order valence-electron chi connectivity index (χ1n) is 4.87. The predicted molar refractivity (Wildman–Crippen MR) is 66.8 cm³/mol. The average molecular weight is 307 g/mol. The molecule has 0 spiro atoms. The smallest absolute Gasteiger partial charge is 0.165 e. The van der Waals surface area contributed by atoms with Crippen molar-refractivity contribution in [2.75, 3.05) is 0 Å². The lowest BCUT2D eigenvalue weighted by atomic mass is 10.3. The summed E-state index contributed by atoms with van der Waals surface area (Å²) >= 11 is 3.21. The van der Waals surface area contributed by atoms with Crippen LogP contribution < -0.4 is 0 Å². The van der Waals surface area contributed by atoms with Gasteiger partial charge in [-0.1, -0.05) is 0 Å². The summed E-state index contributed by atoms with van der Waals surface area (Å²) in [5, 5.41) is -0.694. The topological polar surface area (TPSA) is 59.9 Å². The molecule has 0 saturated heterocycles. The number of rotatable bonds is 2. The fraction of sp³-hybridized carbons (Fsp3) is 0.600. The predicted octanol–water partition coefficient (Wildman–Crippen LogP) is 2.51. The van der Waals surface area contributed by atoms with Gasteiger partial charge in [0.1, 0.15) is 11.1 Å². The first kappa shape index (κ1) is 13.6. The van der Waals surface area contributed by atoms with Crippen LogP contribution in [-0.4, -0.2) is 23.1 Å². The van der Waals surface area contributed by atoms with Crippen molar-refractivity contribution >= 4 is 25.8 Å². The van der Waals surface area contributed by atoms with Crippen molar-refractivity contribution in [2.24, 2.45) is 0 Å². The van der Waals surface area contributed by atoms with E-state index in [2.05, 4.69) is 25.9 Å². The van der Waals surface area contributed by atoms with E-state index in [1.165, 1.54) is 0 Å². The van der Waals surface area contributed by atoms with Crippen molar-refractivity contribution in [3.8, 4) is 0 Å². The molecule has 0 aliphatic carbocycles. The molecule has 0 aromatic carbocycles. The van der Waals surface area contributed by atoms with Gasteiger partial charge in [0, 0.05) is 12.4 Å². The van der Waals surface area contributed by atoms with Gasteiger partial charge in [-0.15, -0.1) is 0 Å². The average Bonchev–Trinajstić information content (AvgIpc) is 2.16. The van der Waals surface area contributed by atoms with Gasteiger partial charge in [0.2, 0.25) is 0 Å². The van der Waals surface area contributed by atoms with Gasteiger partial charge in [0.05, 0.1) is 9.22 Å². The monoisotopic (exact) mass is 306 g/mol. The van der Waals surface area contributed by atoms with Crippen molar-refractivity contribution in [3.05, 3.63) is 22.7 Å². The molecule has 0 amide bonds. The Hall–Kier alpha value is -0.490. The molecular weight excluding hydrogens is 292 g/mol. The largest absolute Gasteiger partial charge is 0.239 e. The van der Waals surface area contributed by atoms with E-state index >= 15 is 0 Å². The molecular formula is C10H15BrN2O2S. The Morgan fingerprint density at radius 1 is 1.25 bits per heavy atom. The summed E-state index contributed by atoms with van der Waals surface area (Å²) in [4.78, 5) is 8.04. The van der Waals surface area contributed by atoms with Crippen LogP contribution in [0.1, 0.15) is 38.8 Å². The highest BCUT2D eigenvalue weighted by molar-refractivity contribution is 9.10. The minimum Gasteiger partial charge on any atom is -0.239 e. The van der Waals surface area contributed by atoms with Crippen molar-refractivity contribution in [1.29, 1.82) is 0 Å². The molecule has 4 nitrogen and oxygen atoms in total. The molecule has 1 unspecified atom stereocenters. The molecule has 0 fully saturated rings. The molecule has 0 saturated carbocycles. The van der Waals surface area contributed by atoms with Crippen LogP contribution in [0.15, 0.2) is 16.9 Å². The van der Waals surface area contributed by atoms with Gasteiger partial charge in [-0.05, 0) is 43.6 Å². The molecule has 0 bridgehead atoms. The van der Waals surface area contributed by atoms with Crippen LogP contribution in [0, 0.1) is 0 Å². The molecule has 1 rings (SSSR count). The lowest BCUT2D eigenvalue weighted by molar-refractivity contribution is 0.546. The Morgan fingerprint density at radius 3 is 2.06 bits per heavy atom. The zero-order valence-electron chi connectivity index (χ0n) is 9.73. The Labute approximate surface area is 105 Å². The van der Waals surface area contributed by atoms with Gasteiger partial charge >= 0.3 is 0 Å². The van der Waals surface area contributed by atoms with E-state index in [9.17, 15) is 8.42 Å². The summed E-state index contributed by atoms with van der Waals surface area (Å²) < 4.78 is 24.2. The molecule has 90 valence electrons. The first-order chi connectivity index (χ1) is 7.16. The van der Waals surface area contributed by atoms with E-state index in [4.69, 9.17) is 0 Å². The second-order valence-corrected chi connectivity index (χ2v) is 8.50. The number of hydrogen-bond acceptors (Lipinski definition) is 4. The lowest BCUT2D eigenvalue weighted by Gasteiger charge is -2.23. The molecule has 1 aromatic heterocycles. The maximum absolute atomic E-state index is 12.1. The van der Waals surface area contributed by atoms with E-state index in [0.29, 0.717) is 5.82 Å². The number of halogens is 1. The van der Waals surface area contributed by atoms with Crippen LogP contribution in [0.2, 0.25) is 0 Å². The number of hydrogen-bond donors (Lipinski definition) is 0. The van der Waals surface area contributed by atoms with Gasteiger partial charge in [-0.25, -0.2) is 18.4 Å². The summed E-state index contributed by atoms with van der Waals surface area (Å²) in [5.41, 5.74) is 0. The van der Waals surface area contributed by atoms with E-state index < -0.39 is 19.8 Å². The summed E-state index contributed by atoms with van der Waals surface area (Å²) in [6, 6.07) is 0. The van der Waals surface area contributed by atoms with Crippen LogP contribution in [0.4, 0.5) is 0 Å². The quantitative estimate of drug-likeness (QED) is 0.842. The summed E-state index contributed by atoms with van der Waals surface area (Å²) in [7, 11) is -3.28. The number of aromatic nitrogens is 2. The minimum absolute atomic E-state index is 0.332. The molecule has 1 heterocycles. The molecule has 0 aliphatic rings. The third-order valence-corrected chi connectivity index (χ3v) is 5.58. The van der Waals surface area contributed by atoms with Crippen LogP contribution in [0.25, 0.3) is 0 Å². The second kappa shape index (κ2) is 4.41. The maximum Gasteiger partial charge on any atom is 0.165 e. The van der Waals surface area contributed by atoms with Crippen molar-refractivity contribution in [2.45, 2.75) is 37.7 Å². The summed E-state index contributed by atoms with van der Waals surface area (Å²) in [6.45, 7) is 6.65. The first-order valence-corrected chi connectivity index (χ1v) is 7.21. The van der Waals surface area contributed by atoms with Gasteiger partial charge < -0.3 is 0 Å². The van der Waals surface area contributed by atoms with Crippen LogP contribution >= 0.6 is 15.9 Å². The van der Waals surface area contributed by atoms with E-state index in [0.717, 1.165) is 4.47 Å². The van der Waals surface area contributed by atoms with Crippen molar-refractivity contribution in [1.82, 2.24) is 9.97 Å². The molecule has 1 aromatic rings. The SMILES string of the molecule is CC(c1ncc(Br)cn1)S(=O)(=O)C(C)(C)C. The molecule has 0 radical (unpaired) electrons. The van der Waals surface area contributed by atoms with Crippen LogP contribution in [0.5, 0.6) is 0 Å². The summed E-state index contributed by atoms with van der Waals surface area (Å²) in [5.74, 6) is 0.332. The number of sulfone groups is 1. The Kier molecular flexibility index (Phi) is 3.74. The molecule has 6 heteroatoms. The lowest BCUT2D eigenvalue weighted by Crippen LogP contribution is -2.32. The van der Waals surface area contributed by atoms with E-state index in [1.807, 2.05) is 0 Å². The van der Waals surface area contributed by atoms with Crippen molar-refractivity contribution in [3.63, 3.8) is 0 Å². The maximum atomic E-state index is 12.1. The highest BCUT2D eigenvalue weighted by Gasteiger charge is 2.36. The highest BCUT2D eigenvalue weighted by Crippen LogP contribution is 2.29. The standard InChI is InChI=1S/C10H15BrN2O2S/c1-7(16(14,15)10(2,3)4)9-12-5-8(11)6-13-9/h5-7H,1-4H3. The molecule has 16 heavy (non-hydrogen) atoms. The third-order valence-electron chi connectivity index (χ3n) is 2.32. The Morgan fingerprint density at radius 2 is 1.69 bits per heavy atom. The molecule has 1 atom stereocenters. The van der Waals surface area contributed by atoms with Gasteiger partial charge in [0.25, 0.3) is 0 Å². The van der Waals surface area contributed by atoms with Crippen LogP contribution in [-0.2, 0) is 9.84 Å². The minimum atomic E-state index is -3.28. The zero-order chi connectivity index (χ0) is 12.6. The third kappa shape index (κ3) is 2.60. The van der Waals surface area contributed by atoms with E-state index in [-0.39, 0.29) is 0 Å². The van der Waals surface area contributed by atoms with Gasteiger partial charge in [0.15, 0.2) is 9.84 Å². The van der Waals surface area contributed by atoms with Gasteiger partial charge in [-0.3, -0.25) is 0 Å². The Balaban J connectivity index is 3.13. The Bertz CT molecular complexity index is 463. The highest BCUT2D eigenvalue weighted by atomic mass is 79.9. The van der Waals surface area contributed by atoms with Gasteiger partial charge in [-0.2, -0.15) is 0 Å². The van der Waals surface area contributed by atoms with Crippen LogP contribution in [0.3, 0.4) is 0 Å². The molecule has 0 aliphatic heterocycles. The van der Waals surface area contributed by atoms with Crippen molar-refractivity contribution < 1.29 is 8.42 Å².